The van der Waals surface area contributed by atoms with Gasteiger partial charge in [-0.1, -0.05) is 43.5 Å². The third-order valence-electron chi connectivity index (χ3n) is 3.81. The molecule has 0 atom stereocenters. The Bertz CT molecular complexity index is 362. The van der Waals surface area contributed by atoms with Crippen molar-refractivity contribution < 1.29 is 0 Å². The number of hydrogen-bond acceptors (Lipinski definition) is 0. The lowest BCUT2D eigenvalue weighted by Gasteiger charge is -2.19. The lowest BCUT2D eigenvalue weighted by Crippen LogP contribution is -2.08. The van der Waals surface area contributed by atoms with Crippen LogP contribution < -0.4 is 0 Å². The summed E-state index contributed by atoms with van der Waals surface area (Å²) in [6.45, 7) is 3.76. The van der Waals surface area contributed by atoms with Crippen LogP contribution in [0.5, 0.6) is 0 Å². The maximum atomic E-state index is 3.76. The molecule has 0 fully saturated rings. The van der Waals surface area contributed by atoms with Crippen LogP contribution in [-0.4, -0.2) is 0 Å². The van der Waals surface area contributed by atoms with Crippen LogP contribution in [0.25, 0.3) is 0 Å². The average Bonchev–Trinajstić information content (AvgIpc) is 2.31. The molecule has 1 aromatic carbocycles. The fourth-order valence-electron chi connectivity index (χ4n) is 2.55. The zero-order valence-corrected chi connectivity index (χ0v) is 10.9. The van der Waals surface area contributed by atoms with Crippen LogP contribution in [0, 0.1) is 0 Å². The van der Waals surface area contributed by atoms with Gasteiger partial charge in [-0.15, -0.1) is 6.58 Å². The van der Waals surface area contributed by atoms with Gasteiger partial charge < -0.3 is 0 Å². The number of aryl methyl sites for hydroxylation is 3. The van der Waals surface area contributed by atoms with Crippen molar-refractivity contribution in [3.05, 3.63) is 47.5 Å². The minimum Gasteiger partial charge on any atom is -0.103 e. The molecule has 0 spiro atoms. The summed E-state index contributed by atoms with van der Waals surface area (Å²) in [5, 5.41) is 0. The first-order chi connectivity index (χ1) is 8.40. The summed E-state index contributed by atoms with van der Waals surface area (Å²) in [6.07, 6.45) is 13.9. The molecule has 0 nitrogen and oxygen atoms in total. The molecule has 17 heavy (non-hydrogen) atoms. The van der Waals surface area contributed by atoms with Crippen LogP contribution in [0.1, 0.15) is 55.2 Å². The lowest BCUT2D eigenvalue weighted by molar-refractivity contribution is 0.617. The Labute approximate surface area is 106 Å². The van der Waals surface area contributed by atoms with Gasteiger partial charge in [0, 0.05) is 0 Å². The first-order valence-electron chi connectivity index (χ1n) is 7.12. The van der Waals surface area contributed by atoms with Crippen molar-refractivity contribution in [2.24, 2.45) is 0 Å². The second kappa shape index (κ2) is 6.64. The van der Waals surface area contributed by atoms with E-state index in [1.807, 2.05) is 6.08 Å². The molecule has 1 aliphatic rings. The quantitative estimate of drug-likeness (QED) is 0.440. The molecule has 0 aliphatic heterocycles. The van der Waals surface area contributed by atoms with Crippen molar-refractivity contribution in [1.82, 2.24) is 0 Å². The molecule has 0 saturated heterocycles. The summed E-state index contributed by atoms with van der Waals surface area (Å²) in [7, 11) is 0. The third-order valence-corrected chi connectivity index (χ3v) is 3.81. The van der Waals surface area contributed by atoms with E-state index in [0.717, 1.165) is 0 Å². The molecular weight excluding hydrogens is 204 g/mol. The van der Waals surface area contributed by atoms with E-state index in [1.165, 1.54) is 57.8 Å². The molecule has 0 aromatic heterocycles. The molecule has 0 heterocycles. The van der Waals surface area contributed by atoms with Crippen LogP contribution in [0.4, 0.5) is 0 Å². The predicted molar refractivity (Wildman–Crippen MR) is 75.5 cm³/mol. The maximum Gasteiger partial charge on any atom is -0.0235 e. The molecule has 1 aromatic rings. The summed E-state index contributed by atoms with van der Waals surface area (Å²) < 4.78 is 0. The smallest absolute Gasteiger partial charge is 0.0235 e. The van der Waals surface area contributed by atoms with E-state index in [9.17, 15) is 0 Å². The second-order valence-corrected chi connectivity index (χ2v) is 5.20. The maximum absolute atomic E-state index is 3.76. The summed E-state index contributed by atoms with van der Waals surface area (Å²) in [5.41, 5.74) is 4.74. The summed E-state index contributed by atoms with van der Waals surface area (Å²) in [5.74, 6) is 0. The minimum absolute atomic E-state index is 1.19. The first-order valence-corrected chi connectivity index (χ1v) is 7.12. The van der Waals surface area contributed by atoms with Crippen molar-refractivity contribution in [2.75, 3.05) is 0 Å². The Morgan fingerprint density at radius 1 is 0.941 bits per heavy atom. The topological polar surface area (TPSA) is 0 Å². The molecule has 0 heteroatoms. The molecule has 0 radical (unpaired) electrons. The summed E-state index contributed by atoms with van der Waals surface area (Å²) >= 11 is 0. The molecule has 92 valence electrons. The summed E-state index contributed by atoms with van der Waals surface area (Å²) in [6, 6.07) is 7.09. The number of fused-ring (bicyclic) bond motifs is 1. The highest BCUT2D eigenvalue weighted by Crippen LogP contribution is 2.24. The van der Waals surface area contributed by atoms with Gasteiger partial charge in [-0.2, -0.15) is 0 Å². The van der Waals surface area contributed by atoms with Gasteiger partial charge in [0.25, 0.3) is 0 Å². The Morgan fingerprint density at radius 3 is 2.41 bits per heavy atom. The van der Waals surface area contributed by atoms with Crippen molar-refractivity contribution >= 4 is 0 Å². The standard InChI is InChI=1S/C17H24/c1-2-3-4-5-6-7-8-9-15-10-11-16-12-13-17(16)14-15/h2,10-11,14H,1,3-9,12-13H2. The van der Waals surface area contributed by atoms with Gasteiger partial charge in [-0.3, -0.25) is 0 Å². The van der Waals surface area contributed by atoms with Crippen molar-refractivity contribution in [3.8, 4) is 0 Å². The number of benzene rings is 1. The van der Waals surface area contributed by atoms with E-state index in [2.05, 4.69) is 24.8 Å². The van der Waals surface area contributed by atoms with Crippen molar-refractivity contribution in [2.45, 2.75) is 57.8 Å². The Kier molecular flexibility index (Phi) is 4.85. The van der Waals surface area contributed by atoms with E-state index in [1.54, 1.807) is 16.7 Å². The van der Waals surface area contributed by atoms with Gasteiger partial charge >= 0.3 is 0 Å². The van der Waals surface area contributed by atoms with Crippen LogP contribution in [0.2, 0.25) is 0 Å². The minimum atomic E-state index is 1.19. The van der Waals surface area contributed by atoms with E-state index >= 15 is 0 Å². The zero-order chi connectivity index (χ0) is 11.9. The van der Waals surface area contributed by atoms with E-state index in [4.69, 9.17) is 0 Å². The summed E-state index contributed by atoms with van der Waals surface area (Å²) in [4.78, 5) is 0. The highest BCUT2D eigenvalue weighted by atomic mass is 14.2. The molecule has 2 rings (SSSR count). The van der Waals surface area contributed by atoms with Crippen LogP contribution in [0.3, 0.4) is 0 Å². The molecule has 0 bridgehead atoms. The Hall–Kier alpha value is -1.04. The number of allylic oxidation sites excluding steroid dienone is 1. The predicted octanol–water partition coefficient (Wildman–Crippen LogP) is 4.85. The van der Waals surface area contributed by atoms with Crippen molar-refractivity contribution in [3.63, 3.8) is 0 Å². The Morgan fingerprint density at radius 2 is 1.71 bits per heavy atom. The number of hydrogen-bond donors (Lipinski definition) is 0. The molecular formula is C17H24. The second-order valence-electron chi connectivity index (χ2n) is 5.20. The highest BCUT2D eigenvalue weighted by molar-refractivity contribution is 5.38. The van der Waals surface area contributed by atoms with Gasteiger partial charge in [0.2, 0.25) is 0 Å². The molecule has 0 saturated carbocycles. The van der Waals surface area contributed by atoms with Gasteiger partial charge in [0.15, 0.2) is 0 Å². The van der Waals surface area contributed by atoms with Crippen LogP contribution in [0.15, 0.2) is 30.9 Å². The third kappa shape index (κ3) is 3.73. The van der Waals surface area contributed by atoms with E-state index in [0.29, 0.717) is 0 Å². The zero-order valence-electron chi connectivity index (χ0n) is 10.9. The van der Waals surface area contributed by atoms with E-state index in [-0.39, 0.29) is 0 Å². The van der Waals surface area contributed by atoms with Crippen LogP contribution in [-0.2, 0) is 19.3 Å². The average molecular weight is 228 g/mol. The van der Waals surface area contributed by atoms with Gasteiger partial charge in [-0.25, -0.2) is 0 Å². The highest BCUT2D eigenvalue weighted by Gasteiger charge is 2.12. The molecule has 0 N–H and O–H groups in total. The SMILES string of the molecule is C=CCCCCCCCc1ccc2c(c1)CC2. The molecule has 0 amide bonds. The first kappa shape index (κ1) is 12.4. The van der Waals surface area contributed by atoms with Gasteiger partial charge in [-0.05, 0) is 55.2 Å². The van der Waals surface area contributed by atoms with Gasteiger partial charge in [0.05, 0.1) is 0 Å². The van der Waals surface area contributed by atoms with E-state index < -0.39 is 0 Å². The lowest BCUT2D eigenvalue weighted by atomic mass is 9.86. The largest absolute Gasteiger partial charge is 0.103 e. The fraction of sp³-hybridized carbons (Fsp3) is 0.529. The van der Waals surface area contributed by atoms with Crippen LogP contribution >= 0.6 is 0 Å². The molecule has 1 aliphatic carbocycles. The Balaban J connectivity index is 1.58. The van der Waals surface area contributed by atoms with Crippen molar-refractivity contribution in [1.29, 1.82) is 0 Å². The van der Waals surface area contributed by atoms with Gasteiger partial charge in [0.1, 0.15) is 0 Å². The fourth-order valence-corrected chi connectivity index (χ4v) is 2.55. The normalized spacial score (nSPS) is 12.9. The molecule has 0 unspecified atom stereocenters. The number of unbranched alkanes of at least 4 members (excludes halogenated alkanes) is 5. The number of rotatable bonds is 8. The monoisotopic (exact) mass is 228 g/mol.